The summed E-state index contributed by atoms with van der Waals surface area (Å²) in [7, 11) is 0. The molecular weight excluding hydrogens is 262 g/mol. The maximum absolute atomic E-state index is 5.97. The van der Waals surface area contributed by atoms with Crippen molar-refractivity contribution in [1.29, 1.82) is 0 Å². The van der Waals surface area contributed by atoms with Crippen LogP contribution in [0.1, 0.15) is 13.3 Å². The van der Waals surface area contributed by atoms with Gasteiger partial charge in [-0.25, -0.2) is 4.98 Å². The summed E-state index contributed by atoms with van der Waals surface area (Å²) in [4.78, 5) is 6.74. The minimum atomic E-state index is 0.356. The Morgan fingerprint density at radius 2 is 2.50 bits per heavy atom. The van der Waals surface area contributed by atoms with Gasteiger partial charge in [-0.15, -0.1) is 11.3 Å². The van der Waals surface area contributed by atoms with E-state index in [1.807, 2.05) is 5.38 Å². The first-order valence-electron chi connectivity index (χ1n) is 4.78. The molecule has 0 radical (unpaired) electrons. The molecule has 5 heteroatoms. The number of rotatable bonds is 1. The smallest absolute Gasteiger partial charge is 0.186 e. The Labute approximate surface area is 96.4 Å². The highest BCUT2D eigenvalue weighted by Crippen LogP contribution is 2.27. The lowest BCUT2D eigenvalue weighted by atomic mass is 9.95. The molecular formula is C9H14BrN3S. The molecule has 0 spiro atoms. The van der Waals surface area contributed by atoms with Crippen LogP contribution in [0, 0.1) is 5.92 Å². The Morgan fingerprint density at radius 3 is 3.07 bits per heavy atom. The van der Waals surface area contributed by atoms with Gasteiger partial charge in [0.25, 0.3) is 0 Å². The molecule has 2 N–H and O–H groups in total. The van der Waals surface area contributed by atoms with Gasteiger partial charge in [-0.2, -0.15) is 0 Å². The van der Waals surface area contributed by atoms with Crippen molar-refractivity contribution < 1.29 is 0 Å². The molecule has 78 valence electrons. The number of halogens is 1. The van der Waals surface area contributed by atoms with Crippen LogP contribution in [0.25, 0.3) is 0 Å². The maximum Gasteiger partial charge on any atom is 0.186 e. The van der Waals surface area contributed by atoms with E-state index in [1.54, 1.807) is 11.3 Å². The monoisotopic (exact) mass is 275 g/mol. The summed E-state index contributed by atoms with van der Waals surface area (Å²) in [6.07, 6.45) is 1.07. The maximum atomic E-state index is 5.97. The summed E-state index contributed by atoms with van der Waals surface area (Å²) >= 11 is 5.06. The fourth-order valence-electron chi connectivity index (χ4n) is 1.73. The molecule has 0 aliphatic carbocycles. The Kier molecular flexibility index (Phi) is 3.09. The van der Waals surface area contributed by atoms with Crippen molar-refractivity contribution in [3.05, 3.63) is 9.98 Å². The number of thiazole rings is 1. The fourth-order valence-corrected chi connectivity index (χ4v) is 3.02. The SMILES string of the molecule is CC1CN(c2nc(Br)cs2)CCC1N. The molecule has 2 unspecified atom stereocenters. The molecule has 2 heterocycles. The lowest BCUT2D eigenvalue weighted by Gasteiger charge is -2.34. The van der Waals surface area contributed by atoms with Crippen molar-refractivity contribution in [3.63, 3.8) is 0 Å². The molecule has 0 amide bonds. The Bertz CT molecular complexity index is 315. The second-order valence-electron chi connectivity index (χ2n) is 3.83. The third kappa shape index (κ3) is 2.10. The van der Waals surface area contributed by atoms with Crippen molar-refractivity contribution in [2.45, 2.75) is 19.4 Å². The predicted molar refractivity (Wildman–Crippen MR) is 63.8 cm³/mol. The first-order valence-corrected chi connectivity index (χ1v) is 6.45. The molecule has 1 aliphatic heterocycles. The Morgan fingerprint density at radius 1 is 1.71 bits per heavy atom. The van der Waals surface area contributed by atoms with E-state index in [-0.39, 0.29) is 0 Å². The number of hydrogen-bond donors (Lipinski definition) is 1. The van der Waals surface area contributed by atoms with Crippen molar-refractivity contribution in [1.82, 2.24) is 4.98 Å². The van der Waals surface area contributed by atoms with Gasteiger partial charge in [0, 0.05) is 24.5 Å². The van der Waals surface area contributed by atoms with E-state index in [2.05, 4.69) is 32.7 Å². The number of nitrogens with two attached hydrogens (primary N) is 1. The van der Waals surface area contributed by atoms with Crippen molar-refractivity contribution >= 4 is 32.4 Å². The van der Waals surface area contributed by atoms with E-state index < -0.39 is 0 Å². The average Bonchev–Trinajstić information content (AvgIpc) is 2.57. The molecule has 0 bridgehead atoms. The highest BCUT2D eigenvalue weighted by molar-refractivity contribution is 9.10. The van der Waals surface area contributed by atoms with E-state index >= 15 is 0 Å². The number of aromatic nitrogens is 1. The standard InChI is InChI=1S/C9H14BrN3S/c1-6-4-13(3-2-7(6)11)9-12-8(10)5-14-9/h5-7H,2-4,11H2,1H3. The first kappa shape index (κ1) is 10.4. The van der Waals surface area contributed by atoms with Gasteiger partial charge >= 0.3 is 0 Å². The van der Waals surface area contributed by atoms with Crippen LogP contribution in [0.15, 0.2) is 9.98 Å². The van der Waals surface area contributed by atoms with Gasteiger partial charge in [-0.1, -0.05) is 6.92 Å². The van der Waals surface area contributed by atoms with Gasteiger partial charge in [0.05, 0.1) is 0 Å². The zero-order valence-electron chi connectivity index (χ0n) is 8.11. The second kappa shape index (κ2) is 4.16. The van der Waals surface area contributed by atoms with Crippen LogP contribution in [0.3, 0.4) is 0 Å². The van der Waals surface area contributed by atoms with Crippen LogP contribution < -0.4 is 10.6 Å². The van der Waals surface area contributed by atoms with E-state index in [0.29, 0.717) is 12.0 Å². The minimum absolute atomic E-state index is 0.356. The molecule has 0 aromatic carbocycles. The normalized spacial score (nSPS) is 28.1. The minimum Gasteiger partial charge on any atom is -0.348 e. The largest absolute Gasteiger partial charge is 0.348 e. The number of nitrogens with zero attached hydrogens (tertiary/aromatic N) is 2. The van der Waals surface area contributed by atoms with Crippen molar-refractivity contribution in [3.8, 4) is 0 Å². The summed E-state index contributed by atoms with van der Waals surface area (Å²) in [5.41, 5.74) is 5.97. The van der Waals surface area contributed by atoms with Crippen molar-refractivity contribution in [2.24, 2.45) is 11.7 Å². The second-order valence-corrected chi connectivity index (χ2v) is 5.48. The van der Waals surface area contributed by atoms with Crippen LogP contribution in [0.2, 0.25) is 0 Å². The summed E-state index contributed by atoms with van der Waals surface area (Å²) < 4.78 is 0.931. The topological polar surface area (TPSA) is 42.2 Å². The molecule has 1 aliphatic rings. The van der Waals surface area contributed by atoms with Crippen LogP contribution in [-0.2, 0) is 0 Å². The predicted octanol–water partition coefficient (Wildman–Crippen LogP) is 2.08. The molecule has 3 nitrogen and oxygen atoms in total. The summed E-state index contributed by atoms with van der Waals surface area (Å²) in [5, 5.41) is 3.13. The van der Waals surface area contributed by atoms with Gasteiger partial charge in [0.2, 0.25) is 0 Å². The molecule has 2 atom stereocenters. The third-order valence-corrected chi connectivity index (χ3v) is 4.32. The zero-order chi connectivity index (χ0) is 10.1. The molecule has 1 aromatic rings. The van der Waals surface area contributed by atoms with Gasteiger partial charge in [-0.3, -0.25) is 0 Å². The number of piperidine rings is 1. The Balaban J connectivity index is 2.06. The molecule has 2 rings (SSSR count). The molecule has 1 aromatic heterocycles. The lowest BCUT2D eigenvalue weighted by molar-refractivity contribution is 0.382. The van der Waals surface area contributed by atoms with Crippen LogP contribution >= 0.6 is 27.3 Å². The van der Waals surface area contributed by atoms with E-state index in [1.165, 1.54) is 0 Å². The lowest BCUT2D eigenvalue weighted by Crippen LogP contribution is -2.45. The zero-order valence-corrected chi connectivity index (χ0v) is 10.5. The van der Waals surface area contributed by atoms with Gasteiger partial charge in [-0.05, 0) is 28.3 Å². The van der Waals surface area contributed by atoms with Crippen LogP contribution in [0.4, 0.5) is 5.13 Å². The fraction of sp³-hybridized carbons (Fsp3) is 0.667. The quantitative estimate of drug-likeness (QED) is 0.854. The molecule has 1 saturated heterocycles. The molecule has 0 saturated carbocycles. The van der Waals surface area contributed by atoms with E-state index in [9.17, 15) is 0 Å². The number of anilines is 1. The van der Waals surface area contributed by atoms with Gasteiger partial charge < -0.3 is 10.6 Å². The summed E-state index contributed by atoms with van der Waals surface area (Å²) in [6.45, 7) is 4.27. The van der Waals surface area contributed by atoms with Gasteiger partial charge in [0.15, 0.2) is 5.13 Å². The molecule has 14 heavy (non-hydrogen) atoms. The number of hydrogen-bond acceptors (Lipinski definition) is 4. The van der Waals surface area contributed by atoms with Crippen molar-refractivity contribution in [2.75, 3.05) is 18.0 Å². The van der Waals surface area contributed by atoms with E-state index in [4.69, 9.17) is 5.73 Å². The van der Waals surface area contributed by atoms with Crippen LogP contribution in [-0.4, -0.2) is 24.1 Å². The Hall–Kier alpha value is -0.130. The highest BCUT2D eigenvalue weighted by atomic mass is 79.9. The third-order valence-electron chi connectivity index (χ3n) is 2.71. The average molecular weight is 276 g/mol. The first-order chi connectivity index (χ1) is 6.66. The molecule has 1 fully saturated rings. The summed E-state index contributed by atoms with van der Waals surface area (Å²) in [5.74, 6) is 0.562. The van der Waals surface area contributed by atoms with E-state index in [0.717, 1.165) is 29.2 Å². The summed E-state index contributed by atoms with van der Waals surface area (Å²) in [6, 6.07) is 0.356. The van der Waals surface area contributed by atoms with Crippen LogP contribution in [0.5, 0.6) is 0 Å². The highest BCUT2D eigenvalue weighted by Gasteiger charge is 2.24. The van der Waals surface area contributed by atoms with Gasteiger partial charge in [0.1, 0.15) is 4.60 Å².